The molecular formula is C13H17N3O2. The Balaban J connectivity index is 2.23. The number of carbonyl (C=O) groups is 2. The van der Waals surface area contributed by atoms with Crippen LogP contribution in [0.1, 0.15) is 18.9 Å². The van der Waals surface area contributed by atoms with Gasteiger partial charge in [-0.1, -0.05) is 0 Å². The summed E-state index contributed by atoms with van der Waals surface area (Å²) in [6, 6.07) is 5.44. The third-order valence-electron chi connectivity index (χ3n) is 2.99. The van der Waals surface area contributed by atoms with E-state index in [2.05, 4.69) is 5.32 Å². The van der Waals surface area contributed by atoms with Crippen molar-refractivity contribution in [3.63, 3.8) is 0 Å². The molecule has 3 N–H and O–H groups in total. The zero-order chi connectivity index (χ0) is 13.3. The van der Waals surface area contributed by atoms with Crippen LogP contribution in [0.25, 0.3) is 0 Å². The summed E-state index contributed by atoms with van der Waals surface area (Å²) in [5, 5.41) is 2.74. The molecule has 2 amide bonds. The summed E-state index contributed by atoms with van der Waals surface area (Å²) in [6.45, 7) is 3.92. The highest BCUT2D eigenvalue weighted by atomic mass is 16.2. The Bertz CT molecular complexity index is 499. The molecule has 1 aliphatic heterocycles. The number of hydrogen-bond acceptors (Lipinski definition) is 3. The molecule has 2 rings (SSSR count). The van der Waals surface area contributed by atoms with Crippen molar-refractivity contribution in [1.82, 2.24) is 0 Å². The molecule has 1 fully saturated rings. The lowest BCUT2D eigenvalue weighted by molar-refractivity contribution is -0.117. The van der Waals surface area contributed by atoms with E-state index >= 15 is 0 Å². The summed E-state index contributed by atoms with van der Waals surface area (Å²) >= 11 is 0. The third-order valence-corrected chi connectivity index (χ3v) is 2.99. The highest BCUT2D eigenvalue weighted by molar-refractivity contribution is 5.97. The predicted octanol–water partition coefficient (Wildman–Crippen LogP) is 1.02. The Morgan fingerprint density at radius 1 is 1.50 bits per heavy atom. The second kappa shape index (κ2) is 4.78. The fourth-order valence-electron chi connectivity index (χ4n) is 2.13. The molecule has 0 aromatic heterocycles. The molecule has 1 heterocycles. The van der Waals surface area contributed by atoms with Gasteiger partial charge in [0.05, 0.1) is 0 Å². The monoisotopic (exact) mass is 247 g/mol. The number of nitrogens with zero attached hydrogens (tertiary/aromatic N) is 1. The Kier molecular flexibility index (Phi) is 3.34. The lowest BCUT2D eigenvalue weighted by Crippen LogP contribution is -2.28. The molecule has 0 saturated carbocycles. The summed E-state index contributed by atoms with van der Waals surface area (Å²) in [4.78, 5) is 24.4. The normalized spacial score (nSPS) is 19.2. The number of benzene rings is 1. The van der Waals surface area contributed by atoms with Gasteiger partial charge in [0, 0.05) is 37.3 Å². The zero-order valence-corrected chi connectivity index (χ0v) is 10.6. The fraction of sp³-hybridized carbons (Fsp3) is 0.385. The van der Waals surface area contributed by atoms with Crippen molar-refractivity contribution in [1.29, 1.82) is 0 Å². The van der Waals surface area contributed by atoms with Crippen molar-refractivity contribution in [3.8, 4) is 0 Å². The van der Waals surface area contributed by atoms with Crippen molar-refractivity contribution >= 4 is 23.2 Å². The maximum atomic E-state index is 11.7. The first kappa shape index (κ1) is 12.6. The fourth-order valence-corrected chi connectivity index (χ4v) is 2.13. The van der Waals surface area contributed by atoms with Gasteiger partial charge in [-0.15, -0.1) is 0 Å². The Labute approximate surface area is 106 Å². The molecule has 0 aliphatic carbocycles. The number of aryl methyl sites for hydroxylation is 1. The number of amides is 2. The maximum absolute atomic E-state index is 11.7. The van der Waals surface area contributed by atoms with Crippen LogP contribution >= 0.6 is 0 Å². The highest BCUT2D eigenvalue weighted by Gasteiger charge is 2.28. The van der Waals surface area contributed by atoms with Gasteiger partial charge in [0.1, 0.15) is 0 Å². The van der Waals surface area contributed by atoms with Crippen LogP contribution in [-0.2, 0) is 9.59 Å². The predicted molar refractivity (Wildman–Crippen MR) is 70.4 cm³/mol. The van der Waals surface area contributed by atoms with Crippen LogP contribution in [-0.4, -0.2) is 24.4 Å². The van der Waals surface area contributed by atoms with Crippen LogP contribution in [0, 0.1) is 6.92 Å². The van der Waals surface area contributed by atoms with E-state index in [0.29, 0.717) is 13.0 Å². The van der Waals surface area contributed by atoms with Gasteiger partial charge in [-0.25, -0.2) is 0 Å². The molecular weight excluding hydrogens is 230 g/mol. The van der Waals surface area contributed by atoms with Gasteiger partial charge in [-0.05, 0) is 30.7 Å². The number of nitrogens with two attached hydrogens (primary N) is 1. The van der Waals surface area contributed by atoms with Crippen molar-refractivity contribution in [2.45, 2.75) is 26.3 Å². The molecule has 1 aliphatic rings. The molecule has 5 nitrogen and oxygen atoms in total. The van der Waals surface area contributed by atoms with E-state index in [1.807, 2.05) is 25.1 Å². The lowest BCUT2D eigenvalue weighted by atomic mass is 10.1. The number of carbonyl (C=O) groups excluding carboxylic acids is 2. The van der Waals surface area contributed by atoms with E-state index in [4.69, 9.17) is 5.73 Å². The van der Waals surface area contributed by atoms with Crippen molar-refractivity contribution < 1.29 is 9.59 Å². The minimum atomic E-state index is -0.106. The van der Waals surface area contributed by atoms with E-state index in [1.54, 1.807) is 4.90 Å². The lowest BCUT2D eigenvalue weighted by Gasteiger charge is -2.18. The number of anilines is 2. The first-order valence-electron chi connectivity index (χ1n) is 5.91. The molecule has 5 heteroatoms. The molecule has 1 aromatic carbocycles. The smallest absolute Gasteiger partial charge is 0.228 e. The second-order valence-electron chi connectivity index (χ2n) is 4.65. The molecule has 0 bridgehead atoms. The largest absolute Gasteiger partial charge is 0.326 e. The average Bonchev–Trinajstić information content (AvgIpc) is 2.60. The first-order chi connectivity index (χ1) is 8.47. The molecule has 96 valence electrons. The standard InChI is InChI=1S/C13H17N3O2/c1-8-5-11(3-4-12(8)15-9(2)17)16-7-10(14)6-13(16)18/h3-5,10H,6-7,14H2,1-2H3,(H,15,17). The van der Waals surface area contributed by atoms with Crippen LogP contribution < -0.4 is 16.0 Å². The molecule has 0 radical (unpaired) electrons. The zero-order valence-electron chi connectivity index (χ0n) is 10.6. The van der Waals surface area contributed by atoms with Crippen molar-refractivity contribution in [2.24, 2.45) is 5.73 Å². The van der Waals surface area contributed by atoms with E-state index in [1.165, 1.54) is 6.92 Å². The van der Waals surface area contributed by atoms with Crippen LogP contribution in [0.4, 0.5) is 11.4 Å². The van der Waals surface area contributed by atoms with Gasteiger partial charge in [0.2, 0.25) is 11.8 Å². The molecule has 18 heavy (non-hydrogen) atoms. The Morgan fingerprint density at radius 3 is 2.72 bits per heavy atom. The van der Waals surface area contributed by atoms with Gasteiger partial charge in [0.15, 0.2) is 0 Å². The van der Waals surface area contributed by atoms with Gasteiger partial charge in [-0.3, -0.25) is 9.59 Å². The van der Waals surface area contributed by atoms with Gasteiger partial charge in [-0.2, -0.15) is 0 Å². The van der Waals surface area contributed by atoms with Crippen molar-refractivity contribution in [2.75, 3.05) is 16.8 Å². The van der Waals surface area contributed by atoms with Crippen LogP contribution in [0.2, 0.25) is 0 Å². The Hall–Kier alpha value is -1.88. The SMILES string of the molecule is CC(=O)Nc1ccc(N2CC(N)CC2=O)cc1C. The molecule has 1 aromatic rings. The van der Waals surface area contributed by atoms with E-state index < -0.39 is 0 Å². The molecule has 1 unspecified atom stereocenters. The minimum absolute atomic E-state index is 0.0502. The number of nitrogens with one attached hydrogen (secondary N) is 1. The first-order valence-corrected chi connectivity index (χ1v) is 5.91. The van der Waals surface area contributed by atoms with Gasteiger partial charge < -0.3 is 16.0 Å². The van der Waals surface area contributed by atoms with E-state index in [9.17, 15) is 9.59 Å². The number of hydrogen-bond donors (Lipinski definition) is 2. The highest BCUT2D eigenvalue weighted by Crippen LogP contribution is 2.25. The Morgan fingerprint density at radius 2 is 2.22 bits per heavy atom. The van der Waals surface area contributed by atoms with Crippen LogP contribution in [0.3, 0.4) is 0 Å². The number of rotatable bonds is 2. The molecule has 1 saturated heterocycles. The summed E-state index contributed by atoms with van der Waals surface area (Å²) < 4.78 is 0. The minimum Gasteiger partial charge on any atom is -0.326 e. The molecule has 0 spiro atoms. The molecule has 1 atom stereocenters. The quantitative estimate of drug-likeness (QED) is 0.819. The summed E-state index contributed by atoms with van der Waals surface area (Å²) in [5.41, 5.74) is 8.29. The van der Waals surface area contributed by atoms with E-state index in [0.717, 1.165) is 16.9 Å². The topological polar surface area (TPSA) is 75.4 Å². The van der Waals surface area contributed by atoms with Crippen LogP contribution in [0.5, 0.6) is 0 Å². The van der Waals surface area contributed by atoms with E-state index in [-0.39, 0.29) is 17.9 Å². The van der Waals surface area contributed by atoms with Gasteiger partial charge >= 0.3 is 0 Å². The second-order valence-corrected chi connectivity index (χ2v) is 4.65. The van der Waals surface area contributed by atoms with Crippen molar-refractivity contribution in [3.05, 3.63) is 23.8 Å². The van der Waals surface area contributed by atoms with Crippen LogP contribution in [0.15, 0.2) is 18.2 Å². The average molecular weight is 247 g/mol. The summed E-state index contributed by atoms with van der Waals surface area (Å²) in [7, 11) is 0. The van der Waals surface area contributed by atoms with Gasteiger partial charge in [0.25, 0.3) is 0 Å². The third kappa shape index (κ3) is 2.51. The summed E-state index contributed by atoms with van der Waals surface area (Å²) in [5.74, 6) is -0.0562. The summed E-state index contributed by atoms with van der Waals surface area (Å²) in [6.07, 6.45) is 0.395. The maximum Gasteiger partial charge on any atom is 0.228 e.